The predicted octanol–water partition coefficient (Wildman–Crippen LogP) is 1.96. The van der Waals surface area contributed by atoms with Gasteiger partial charge in [-0.3, -0.25) is 24.0 Å². The number of amides is 3. The van der Waals surface area contributed by atoms with Gasteiger partial charge in [0.15, 0.2) is 5.78 Å². The van der Waals surface area contributed by atoms with Crippen LogP contribution in [0.2, 0.25) is 0 Å². The summed E-state index contributed by atoms with van der Waals surface area (Å²) in [7, 11) is 0. The third-order valence-electron chi connectivity index (χ3n) is 6.47. The zero-order chi connectivity index (χ0) is 28.7. The molecule has 1 fully saturated rings. The third-order valence-corrected chi connectivity index (χ3v) is 6.47. The molecule has 0 aliphatic carbocycles. The van der Waals surface area contributed by atoms with Crippen LogP contribution < -0.4 is 10.6 Å². The molecule has 0 saturated carbocycles. The summed E-state index contributed by atoms with van der Waals surface area (Å²) in [4.78, 5) is 76.2. The number of halogens is 1. The molecule has 1 saturated heterocycles. The number of rotatable bonds is 11. The Morgan fingerprint density at radius 2 is 1.67 bits per heavy atom. The molecule has 206 valence electrons. The number of hydrogen-bond donors (Lipinski definition) is 3. The zero-order valence-corrected chi connectivity index (χ0v) is 21.6. The second-order valence-electron chi connectivity index (χ2n) is 9.62. The number of likely N-dealkylation sites (tertiary alicyclic amines) is 1. The Morgan fingerprint density at radius 1 is 1.03 bits per heavy atom. The maximum absolute atomic E-state index is 13.5. The number of benzene rings is 2. The average molecular weight is 540 g/mol. The molecule has 3 N–H and O–H groups in total. The number of hydrogen-bond acceptors (Lipinski definition) is 6. The van der Waals surface area contributed by atoms with E-state index in [1.54, 1.807) is 26.0 Å². The van der Waals surface area contributed by atoms with Crippen LogP contribution in [0.5, 0.6) is 0 Å². The summed E-state index contributed by atoms with van der Waals surface area (Å²) in [5, 5.41) is 14.0. The van der Waals surface area contributed by atoms with E-state index in [0.717, 1.165) is 12.1 Å². The second kappa shape index (κ2) is 12.9. The number of carbonyl (C=O) groups is 6. The van der Waals surface area contributed by atoms with E-state index in [4.69, 9.17) is 5.11 Å². The first-order valence-corrected chi connectivity index (χ1v) is 12.5. The average Bonchev–Trinajstić information content (AvgIpc) is 3.40. The molecule has 3 atom stereocenters. The fourth-order valence-corrected chi connectivity index (χ4v) is 4.45. The molecule has 39 heavy (non-hydrogen) atoms. The van der Waals surface area contributed by atoms with Crippen LogP contribution >= 0.6 is 0 Å². The lowest BCUT2D eigenvalue weighted by molar-refractivity contribution is -0.142. The maximum atomic E-state index is 13.5. The van der Waals surface area contributed by atoms with Gasteiger partial charge in [-0.25, -0.2) is 4.39 Å². The SMILES string of the molecule is CC(C)[C@H](NC(=O)c1ccccc1C(=O)c1ccc(F)cc1)C(=O)N1CCC[C@H]1C(=O)N[C@H](C=O)CC(=O)O. The Balaban J connectivity index is 1.79. The minimum atomic E-state index is -1.26. The van der Waals surface area contributed by atoms with Crippen molar-refractivity contribution in [1.82, 2.24) is 15.5 Å². The van der Waals surface area contributed by atoms with Crippen LogP contribution in [0.15, 0.2) is 48.5 Å². The van der Waals surface area contributed by atoms with Crippen molar-refractivity contribution >= 4 is 35.8 Å². The first-order chi connectivity index (χ1) is 18.5. The molecule has 0 spiro atoms. The van der Waals surface area contributed by atoms with E-state index >= 15 is 0 Å². The largest absolute Gasteiger partial charge is 0.481 e. The molecule has 3 rings (SSSR count). The van der Waals surface area contributed by atoms with Gasteiger partial charge in [0.25, 0.3) is 5.91 Å². The normalized spacial score (nSPS) is 16.3. The summed E-state index contributed by atoms with van der Waals surface area (Å²) in [6.07, 6.45) is 0.553. The molecule has 0 bridgehead atoms. The van der Waals surface area contributed by atoms with Gasteiger partial charge in [-0.15, -0.1) is 0 Å². The van der Waals surface area contributed by atoms with Gasteiger partial charge in [0.05, 0.1) is 18.0 Å². The number of nitrogens with zero attached hydrogens (tertiary/aromatic N) is 1. The minimum Gasteiger partial charge on any atom is -0.481 e. The fourth-order valence-electron chi connectivity index (χ4n) is 4.45. The van der Waals surface area contributed by atoms with Crippen LogP contribution in [0.1, 0.15) is 59.4 Å². The Kier molecular flexibility index (Phi) is 9.64. The second-order valence-corrected chi connectivity index (χ2v) is 9.62. The number of carbonyl (C=O) groups excluding carboxylic acids is 5. The van der Waals surface area contributed by atoms with Gasteiger partial charge < -0.3 is 25.4 Å². The minimum absolute atomic E-state index is 0.0310. The highest BCUT2D eigenvalue weighted by molar-refractivity contribution is 6.15. The lowest BCUT2D eigenvalue weighted by Crippen LogP contribution is -2.56. The number of aldehydes is 1. The summed E-state index contributed by atoms with van der Waals surface area (Å²) in [5.74, 6) is -4.48. The van der Waals surface area contributed by atoms with E-state index in [-0.39, 0.29) is 29.2 Å². The summed E-state index contributed by atoms with van der Waals surface area (Å²) in [6, 6.07) is 7.79. The molecule has 0 radical (unpaired) electrons. The van der Waals surface area contributed by atoms with Crippen LogP contribution in [0.4, 0.5) is 4.39 Å². The quantitative estimate of drug-likeness (QED) is 0.292. The molecule has 1 aliphatic heterocycles. The number of ketones is 1. The van der Waals surface area contributed by atoms with Gasteiger partial charge in [0, 0.05) is 17.7 Å². The van der Waals surface area contributed by atoms with Crippen molar-refractivity contribution in [2.24, 2.45) is 5.92 Å². The highest BCUT2D eigenvalue weighted by Crippen LogP contribution is 2.22. The maximum Gasteiger partial charge on any atom is 0.305 e. The van der Waals surface area contributed by atoms with Gasteiger partial charge in [-0.05, 0) is 49.1 Å². The number of aliphatic carboxylic acids is 1. The van der Waals surface area contributed by atoms with Gasteiger partial charge in [0.2, 0.25) is 11.8 Å². The van der Waals surface area contributed by atoms with Crippen LogP contribution in [0, 0.1) is 11.7 Å². The van der Waals surface area contributed by atoms with Crippen molar-refractivity contribution in [3.05, 3.63) is 71.0 Å². The number of nitrogens with one attached hydrogen (secondary N) is 2. The molecule has 0 aromatic heterocycles. The lowest BCUT2D eigenvalue weighted by Gasteiger charge is -2.31. The molecular formula is C28H30FN3O7. The van der Waals surface area contributed by atoms with E-state index in [0.29, 0.717) is 19.1 Å². The Labute approximate surface area is 224 Å². The molecule has 11 heteroatoms. The summed E-state index contributed by atoms with van der Waals surface area (Å²) < 4.78 is 13.3. The van der Waals surface area contributed by atoms with Gasteiger partial charge >= 0.3 is 5.97 Å². The van der Waals surface area contributed by atoms with Crippen molar-refractivity contribution in [2.45, 2.75) is 51.2 Å². The Bertz CT molecular complexity index is 1260. The van der Waals surface area contributed by atoms with Crippen molar-refractivity contribution in [3.8, 4) is 0 Å². The molecule has 2 aromatic carbocycles. The van der Waals surface area contributed by atoms with Gasteiger partial charge in [-0.2, -0.15) is 0 Å². The smallest absolute Gasteiger partial charge is 0.305 e. The Hall–Kier alpha value is -4.41. The topological polar surface area (TPSA) is 150 Å². The molecule has 1 heterocycles. The standard InChI is InChI=1S/C28H30FN3O7/c1-16(2)24(28(39)32-13-5-8-22(32)27(38)30-19(15-33)14-23(34)35)31-26(37)21-7-4-3-6-20(21)25(36)17-9-11-18(29)12-10-17/h3-4,6-7,9-12,15-16,19,22,24H,5,8,13-14H2,1-2H3,(H,30,38)(H,31,37)(H,34,35)/t19-,22-,24-/m0/s1. The highest BCUT2D eigenvalue weighted by Gasteiger charge is 2.39. The van der Waals surface area contributed by atoms with Gasteiger partial charge in [-0.1, -0.05) is 32.0 Å². The fraction of sp³-hybridized carbons (Fsp3) is 0.357. The molecule has 0 unspecified atom stereocenters. The van der Waals surface area contributed by atoms with E-state index in [9.17, 15) is 33.2 Å². The Morgan fingerprint density at radius 3 is 2.26 bits per heavy atom. The lowest BCUT2D eigenvalue weighted by atomic mass is 9.96. The number of carboxylic acid groups (broad SMARTS) is 1. The van der Waals surface area contributed by atoms with E-state index in [1.807, 2.05) is 0 Å². The third kappa shape index (κ3) is 7.13. The van der Waals surface area contributed by atoms with Crippen molar-refractivity contribution in [3.63, 3.8) is 0 Å². The molecule has 2 aromatic rings. The van der Waals surface area contributed by atoms with Crippen molar-refractivity contribution in [2.75, 3.05) is 6.54 Å². The van der Waals surface area contributed by atoms with Crippen LogP contribution in [-0.4, -0.2) is 70.4 Å². The van der Waals surface area contributed by atoms with Crippen LogP contribution in [0.3, 0.4) is 0 Å². The van der Waals surface area contributed by atoms with E-state index < -0.39 is 59.8 Å². The highest BCUT2D eigenvalue weighted by atomic mass is 19.1. The monoisotopic (exact) mass is 539 g/mol. The molecule has 10 nitrogen and oxygen atoms in total. The van der Waals surface area contributed by atoms with Gasteiger partial charge in [0.1, 0.15) is 24.2 Å². The summed E-state index contributed by atoms with van der Waals surface area (Å²) in [6.45, 7) is 3.68. The summed E-state index contributed by atoms with van der Waals surface area (Å²) >= 11 is 0. The van der Waals surface area contributed by atoms with Crippen LogP contribution in [0.25, 0.3) is 0 Å². The molecular weight excluding hydrogens is 509 g/mol. The van der Waals surface area contributed by atoms with E-state index in [1.165, 1.54) is 29.2 Å². The number of carboxylic acids is 1. The van der Waals surface area contributed by atoms with Crippen molar-refractivity contribution < 1.29 is 38.3 Å². The molecule has 1 aliphatic rings. The summed E-state index contributed by atoms with van der Waals surface area (Å²) in [5.41, 5.74) is 0.299. The first-order valence-electron chi connectivity index (χ1n) is 12.5. The predicted molar refractivity (Wildman–Crippen MR) is 137 cm³/mol. The van der Waals surface area contributed by atoms with Crippen LogP contribution in [-0.2, 0) is 19.2 Å². The van der Waals surface area contributed by atoms with Crippen molar-refractivity contribution in [1.29, 1.82) is 0 Å². The zero-order valence-electron chi connectivity index (χ0n) is 21.6. The van der Waals surface area contributed by atoms with E-state index in [2.05, 4.69) is 10.6 Å². The molecule has 3 amide bonds. The first kappa shape index (κ1) is 29.2.